The quantitative estimate of drug-likeness (QED) is 0.473. The van der Waals surface area contributed by atoms with Crippen molar-refractivity contribution < 1.29 is 35.5 Å². The largest absolute Gasteiger partial charge is 0.416 e. The van der Waals surface area contributed by atoms with E-state index < -0.39 is 45.6 Å². The molecule has 3 heterocycles. The number of fused-ring (bicyclic) bond motifs is 1. The van der Waals surface area contributed by atoms with Gasteiger partial charge in [0.1, 0.15) is 18.2 Å². The van der Waals surface area contributed by atoms with Gasteiger partial charge in [0.2, 0.25) is 15.9 Å². The Bertz CT molecular complexity index is 1430. The summed E-state index contributed by atoms with van der Waals surface area (Å²) in [6, 6.07) is 8.92. The smallest absolute Gasteiger partial charge is 0.379 e. The third kappa shape index (κ3) is 5.13. The van der Waals surface area contributed by atoms with Crippen molar-refractivity contribution in [3.8, 4) is 11.3 Å². The maximum atomic E-state index is 13.4. The molecule has 3 aromatic rings. The van der Waals surface area contributed by atoms with Gasteiger partial charge >= 0.3 is 6.18 Å². The molecule has 38 heavy (non-hydrogen) atoms. The Morgan fingerprint density at radius 1 is 1.05 bits per heavy atom. The van der Waals surface area contributed by atoms with Gasteiger partial charge in [-0.15, -0.1) is 0 Å². The topological polar surface area (TPSA) is 101 Å². The lowest BCUT2D eigenvalue weighted by molar-refractivity contribution is -0.137. The average molecular weight is 551 g/mol. The van der Waals surface area contributed by atoms with Crippen molar-refractivity contribution in [3.05, 3.63) is 78.0 Å². The summed E-state index contributed by atoms with van der Waals surface area (Å²) in [5.41, 5.74) is 0.409. The SMILES string of the molecule is O=C(NCc1cc(-c2ccc(C(F)(F)F)cc2)ncn1)[C@H]1CC2COCC2N1S(=O)(=O)c1ccc(F)cc1. The van der Waals surface area contributed by atoms with Crippen LogP contribution in [-0.2, 0) is 32.3 Å². The summed E-state index contributed by atoms with van der Waals surface area (Å²) in [6.07, 6.45) is -2.96. The predicted molar refractivity (Wildman–Crippen MR) is 126 cm³/mol. The minimum Gasteiger partial charge on any atom is -0.379 e. The van der Waals surface area contributed by atoms with Crippen LogP contribution in [0.25, 0.3) is 11.3 Å². The molecule has 0 saturated carbocycles. The van der Waals surface area contributed by atoms with Gasteiger partial charge in [-0.1, -0.05) is 12.1 Å². The van der Waals surface area contributed by atoms with E-state index in [1.807, 2.05) is 0 Å². The van der Waals surface area contributed by atoms with Crippen LogP contribution in [0.3, 0.4) is 0 Å². The number of hydrogen-bond donors (Lipinski definition) is 1. The highest BCUT2D eigenvalue weighted by molar-refractivity contribution is 7.89. The molecular formula is C25H22F4N4O4S. The van der Waals surface area contributed by atoms with E-state index in [-0.39, 0.29) is 30.4 Å². The number of nitrogens with one attached hydrogen (secondary N) is 1. The summed E-state index contributed by atoms with van der Waals surface area (Å²) in [6.45, 7) is 0.422. The van der Waals surface area contributed by atoms with Gasteiger partial charge in [0.15, 0.2) is 0 Å². The monoisotopic (exact) mass is 550 g/mol. The lowest BCUT2D eigenvalue weighted by Gasteiger charge is -2.27. The molecule has 0 aliphatic carbocycles. The van der Waals surface area contributed by atoms with E-state index in [2.05, 4.69) is 15.3 Å². The van der Waals surface area contributed by atoms with Gasteiger partial charge in [0, 0.05) is 11.5 Å². The highest BCUT2D eigenvalue weighted by Crippen LogP contribution is 2.39. The number of sulfonamides is 1. The molecule has 2 saturated heterocycles. The summed E-state index contributed by atoms with van der Waals surface area (Å²) >= 11 is 0. The first-order valence-corrected chi connectivity index (χ1v) is 13.1. The van der Waals surface area contributed by atoms with E-state index >= 15 is 0 Å². The zero-order valence-electron chi connectivity index (χ0n) is 19.7. The van der Waals surface area contributed by atoms with E-state index in [9.17, 15) is 30.8 Å². The molecule has 2 fully saturated rings. The first kappa shape index (κ1) is 26.2. The van der Waals surface area contributed by atoms with Crippen LogP contribution >= 0.6 is 0 Å². The Kier molecular flexibility index (Phi) is 6.92. The standard InChI is InChI=1S/C25H22F4N4O4S/c26-18-5-7-20(8-6-18)38(35,36)33-22(9-16-12-37-13-23(16)33)24(34)30-11-19-10-21(32-14-31-19)15-1-3-17(4-2-15)25(27,28)29/h1-8,10,14,16,22-23H,9,11-13H2,(H,30,34)/t16?,22-,23?/m1/s1. The summed E-state index contributed by atoms with van der Waals surface area (Å²) in [5, 5.41) is 2.72. The lowest BCUT2D eigenvalue weighted by Crippen LogP contribution is -2.49. The fourth-order valence-corrected chi connectivity index (χ4v) is 6.62. The Hall–Kier alpha value is -3.42. The molecule has 2 aliphatic rings. The van der Waals surface area contributed by atoms with Crippen molar-refractivity contribution in [3.63, 3.8) is 0 Å². The molecular weight excluding hydrogens is 528 g/mol. The lowest BCUT2D eigenvalue weighted by atomic mass is 10.0. The van der Waals surface area contributed by atoms with Crippen molar-refractivity contribution in [2.45, 2.75) is 36.1 Å². The zero-order valence-corrected chi connectivity index (χ0v) is 20.5. The van der Waals surface area contributed by atoms with Crippen molar-refractivity contribution in [2.24, 2.45) is 5.92 Å². The normalized spacial score (nSPS) is 21.8. The number of carbonyl (C=O) groups excluding carboxylic acids is 1. The third-order valence-corrected chi connectivity index (χ3v) is 8.64. The minimum absolute atomic E-state index is 0.0538. The van der Waals surface area contributed by atoms with E-state index in [1.165, 1.54) is 24.5 Å². The second-order valence-electron chi connectivity index (χ2n) is 9.09. The molecule has 0 spiro atoms. The fourth-order valence-electron chi connectivity index (χ4n) is 4.79. The van der Waals surface area contributed by atoms with Crippen LogP contribution in [0.5, 0.6) is 0 Å². The molecule has 2 aliphatic heterocycles. The minimum atomic E-state index is -4.46. The predicted octanol–water partition coefficient (Wildman–Crippen LogP) is 3.40. The maximum absolute atomic E-state index is 13.4. The molecule has 1 amide bonds. The molecule has 0 bridgehead atoms. The number of halogens is 4. The first-order valence-electron chi connectivity index (χ1n) is 11.7. The van der Waals surface area contributed by atoms with E-state index in [4.69, 9.17) is 4.74 Å². The number of rotatable bonds is 6. The van der Waals surface area contributed by atoms with Crippen molar-refractivity contribution in [1.82, 2.24) is 19.6 Å². The van der Waals surface area contributed by atoms with Crippen LogP contribution in [0.15, 0.2) is 65.8 Å². The Labute approximate surface area is 215 Å². The molecule has 2 unspecified atom stereocenters. The highest BCUT2D eigenvalue weighted by Gasteiger charge is 2.52. The Morgan fingerprint density at radius 3 is 2.45 bits per heavy atom. The van der Waals surface area contributed by atoms with Crippen LogP contribution in [0, 0.1) is 11.7 Å². The molecule has 8 nitrogen and oxygen atoms in total. The molecule has 0 radical (unpaired) electrons. The van der Waals surface area contributed by atoms with Gasteiger partial charge in [-0.25, -0.2) is 22.8 Å². The second-order valence-corrected chi connectivity index (χ2v) is 10.9. The number of alkyl halides is 3. The van der Waals surface area contributed by atoms with Crippen LogP contribution in [0.2, 0.25) is 0 Å². The van der Waals surface area contributed by atoms with Crippen LogP contribution in [0.1, 0.15) is 17.7 Å². The Balaban J connectivity index is 1.32. The molecule has 13 heteroatoms. The molecule has 200 valence electrons. The van der Waals surface area contributed by atoms with E-state index in [1.54, 1.807) is 0 Å². The van der Waals surface area contributed by atoms with Crippen molar-refractivity contribution >= 4 is 15.9 Å². The van der Waals surface area contributed by atoms with Gasteiger partial charge in [-0.3, -0.25) is 4.79 Å². The van der Waals surface area contributed by atoms with Gasteiger partial charge in [-0.2, -0.15) is 17.5 Å². The van der Waals surface area contributed by atoms with Gasteiger partial charge in [-0.05, 0) is 48.9 Å². The number of aromatic nitrogens is 2. The summed E-state index contributed by atoms with van der Waals surface area (Å²) < 4.78 is 85.4. The van der Waals surface area contributed by atoms with Gasteiger partial charge in [0.05, 0.1) is 47.6 Å². The van der Waals surface area contributed by atoms with Crippen LogP contribution < -0.4 is 5.32 Å². The average Bonchev–Trinajstić information content (AvgIpc) is 3.49. The Morgan fingerprint density at radius 2 is 1.76 bits per heavy atom. The molecule has 5 rings (SSSR count). The van der Waals surface area contributed by atoms with Crippen LogP contribution in [0.4, 0.5) is 17.6 Å². The molecule has 3 atom stereocenters. The number of carbonyl (C=O) groups is 1. The number of amides is 1. The number of benzene rings is 2. The zero-order chi connectivity index (χ0) is 27.1. The molecule has 2 aromatic carbocycles. The molecule has 1 N–H and O–H groups in total. The fraction of sp³-hybridized carbons (Fsp3) is 0.320. The summed E-state index contributed by atoms with van der Waals surface area (Å²) in [5.74, 6) is -1.27. The summed E-state index contributed by atoms with van der Waals surface area (Å²) in [4.78, 5) is 21.3. The van der Waals surface area contributed by atoms with Gasteiger partial charge < -0.3 is 10.1 Å². The first-order chi connectivity index (χ1) is 18.0. The number of hydrogen-bond acceptors (Lipinski definition) is 6. The third-order valence-electron chi connectivity index (χ3n) is 6.69. The molecule has 1 aromatic heterocycles. The summed E-state index contributed by atoms with van der Waals surface area (Å²) in [7, 11) is -4.12. The van der Waals surface area contributed by atoms with E-state index in [0.717, 1.165) is 40.7 Å². The van der Waals surface area contributed by atoms with E-state index in [0.29, 0.717) is 23.6 Å². The number of ether oxygens (including phenoxy) is 1. The van der Waals surface area contributed by atoms with Crippen LogP contribution in [-0.4, -0.2) is 53.9 Å². The highest BCUT2D eigenvalue weighted by atomic mass is 32.2. The van der Waals surface area contributed by atoms with Crippen molar-refractivity contribution in [1.29, 1.82) is 0 Å². The maximum Gasteiger partial charge on any atom is 0.416 e. The number of nitrogens with zero attached hydrogens (tertiary/aromatic N) is 3. The van der Waals surface area contributed by atoms with Crippen molar-refractivity contribution in [2.75, 3.05) is 13.2 Å². The van der Waals surface area contributed by atoms with Gasteiger partial charge in [0.25, 0.3) is 0 Å². The second kappa shape index (κ2) is 10.0.